The van der Waals surface area contributed by atoms with Crippen LogP contribution in [0.4, 0.5) is 14.4 Å². The number of carbonyl (C=O) groups excluding carboxylic acids is 6. The Morgan fingerprint density at radius 2 is 0.786 bits per heavy atom. The summed E-state index contributed by atoms with van der Waals surface area (Å²) >= 11 is 4.72. The molecule has 6 heterocycles. The molecule has 1 aliphatic carbocycles. The summed E-state index contributed by atoms with van der Waals surface area (Å²) in [6, 6.07) is 31.6. The largest absolute Gasteiger partial charge is 0.466 e. The van der Waals surface area contributed by atoms with Gasteiger partial charge in [-0.15, -0.1) is 0 Å². The predicted molar refractivity (Wildman–Crippen MR) is 407 cm³/mol. The fourth-order valence-corrected chi connectivity index (χ4v) is 12.7. The number of rotatable bonds is 17. The van der Waals surface area contributed by atoms with E-state index in [1.54, 1.807) is 30.6 Å². The molecular formula is C81H134ClN5O16. The van der Waals surface area contributed by atoms with Crippen LogP contribution in [0.15, 0.2) is 91.0 Å². The van der Waals surface area contributed by atoms with E-state index in [4.69, 9.17) is 50.6 Å². The van der Waals surface area contributed by atoms with E-state index in [0.717, 1.165) is 150 Å². The van der Waals surface area contributed by atoms with Gasteiger partial charge in [0.2, 0.25) is 0 Å². The van der Waals surface area contributed by atoms with Gasteiger partial charge in [-0.1, -0.05) is 138 Å². The standard InChI is InChI=1S/C16H23NO2.C15H21NO2.C14H21NO.C10H19NO3.C10H17NO3.C8H16O.C4H8O.C3H5ClO2.CH4O/c1-3-19-15(18)16(2)9-11-17(12-10-16)13-14-7-5-4-6-8-14;1-2-18-15(17)14-8-10-16(11-9-14)12-13-6-4-3-5-7-13;1-14(12-16)7-9-15(10-8-14)11-13-5-3-2-4-6-13;2*1-3-14-9(13)11-6-4-10(2,8-12)5-7-11;1-8(7-9)5-3-2-4-6-8;1-2-4-5-3-1;1-2-6-3(4)5;1-2/h4-8H,3,9-13H2,1-2H3;3-7,14H,2,8-12H2,1H3;2-6,16H,7-12H2,1H3;12H,3-8H2,1-2H3;8H,3-7H2,1-2H3;9H,2-7H2,1H3;1-4H2;2H2,1H3;2H,1H3. The number of hydrogen-bond acceptors (Lipinski definition) is 19. The summed E-state index contributed by atoms with van der Waals surface area (Å²) in [6.07, 6.45) is 18.5. The molecule has 0 radical (unpaired) electrons. The Morgan fingerprint density at radius 1 is 0.447 bits per heavy atom. The number of halogens is 1. The molecule has 0 bridgehead atoms. The van der Waals surface area contributed by atoms with Crippen LogP contribution in [0.2, 0.25) is 0 Å². The lowest BCUT2D eigenvalue weighted by atomic mass is 9.76. The highest BCUT2D eigenvalue weighted by molar-refractivity contribution is 6.61. The second-order valence-corrected chi connectivity index (χ2v) is 29.5. The molecule has 103 heavy (non-hydrogen) atoms. The Hall–Kier alpha value is -5.75. The molecule has 3 aromatic rings. The molecule has 7 aliphatic rings. The molecule has 6 aliphatic heterocycles. The third kappa shape index (κ3) is 38.9. The number of benzene rings is 3. The maximum absolute atomic E-state index is 11.9. The normalized spacial score (nSPS) is 19.3. The fraction of sp³-hybridized carbons (Fsp3) is 0.704. The summed E-state index contributed by atoms with van der Waals surface area (Å²) in [7, 11) is 1.00. The molecule has 22 heteroatoms. The predicted octanol–water partition coefficient (Wildman–Crippen LogP) is 14.0. The maximum atomic E-state index is 11.9. The topological polar surface area (TPSA) is 255 Å². The summed E-state index contributed by atoms with van der Waals surface area (Å²) in [4.78, 5) is 77.2. The number of carbonyl (C=O) groups is 6. The number of ether oxygens (including phenoxy) is 6. The van der Waals surface area contributed by atoms with E-state index in [2.05, 4.69) is 119 Å². The van der Waals surface area contributed by atoms with E-state index in [0.29, 0.717) is 72.4 Å². The van der Waals surface area contributed by atoms with Crippen LogP contribution in [-0.2, 0) is 62.4 Å². The molecule has 0 atom stereocenters. The number of aliphatic hydroxyl groups excluding tert-OH is 4. The first kappa shape index (κ1) is 93.3. The average molecular weight is 1470 g/mol. The van der Waals surface area contributed by atoms with Crippen molar-refractivity contribution in [1.29, 1.82) is 0 Å². The first-order valence-corrected chi connectivity index (χ1v) is 38.4. The molecule has 2 amide bonds. The summed E-state index contributed by atoms with van der Waals surface area (Å²) < 4.78 is 29.2. The van der Waals surface area contributed by atoms with E-state index in [-0.39, 0.29) is 63.7 Å². The van der Waals surface area contributed by atoms with E-state index < -0.39 is 5.43 Å². The molecule has 10 rings (SSSR count). The van der Waals surface area contributed by atoms with Crippen molar-refractivity contribution in [2.45, 2.75) is 198 Å². The van der Waals surface area contributed by atoms with Gasteiger partial charge in [-0.3, -0.25) is 24.3 Å². The number of piperidine rings is 5. The van der Waals surface area contributed by atoms with Gasteiger partial charge in [-0.05, 0) is 204 Å². The van der Waals surface area contributed by atoms with Crippen LogP contribution < -0.4 is 0 Å². The first-order chi connectivity index (χ1) is 49.4. The Morgan fingerprint density at radius 3 is 1.10 bits per heavy atom. The smallest absolute Gasteiger partial charge is 0.409 e. The second kappa shape index (κ2) is 53.1. The molecule has 1 saturated carbocycles. The molecule has 586 valence electrons. The zero-order valence-corrected chi connectivity index (χ0v) is 65.7. The molecule has 0 spiro atoms. The van der Waals surface area contributed by atoms with Crippen LogP contribution in [0.25, 0.3) is 0 Å². The monoisotopic (exact) mass is 1470 g/mol. The van der Waals surface area contributed by atoms with Gasteiger partial charge < -0.3 is 63.4 Å². The average Bonchev–Trinajstić information content (AvgIpc) is 1.14. The molecule has 0 aromatic heterocycles. The Kier molecular flexibility index (Phi) is 48.1. The minimum absolute atomic E-state index is 0.0109. The molecule has 6 saturated heterocycles. The minimum atomic E-state index is -0.738. The van der Waals surface area contributed by atoms with Gasteiger partial charge >= 0.3 is 29.6 Å². The van der Waals surface area contributed by atoms with Crippen molar-refractivity contribution in [1.82, 2.24) is 24.5 Å². The molecule has 4 N–H and O–H groups in total. The lowest BCUT2D eigenvalue weighted by Crippen LogP contribution is -2.43. The van der Waals surface area contributed by atoms with Crippen LogP contribution in [0.1, 0.15) is 195 Å². The van der Waals surface area contributed by atoms with Crippen molar-refractivity contribution in [2.75, 3.05) is 139 Å². The Balaban J connectivity index is 0.000000409. The lowest BCUT2D eigenvalue weighted by Gasteiger charge is -2.38. The number of amides is 2. The van der Waals surface area contributed by atoms with Crippen LogP contribution in [0.5, 0.6) is 0 Å². The van der Waals surface area contributed by atoms with Crippen molar-refractivity contribution in [2.24, 2.45) is 33.0 Å². The summed E-state index contributed by atoms with van der Waals surface area (Å²) in [5.74, 6) is 0.0585. The second-order valence-electron chi connectivity index (χ2n) is 29.2. The van der Waals surface area contributed by atoms with Crippen LogP contribution in [0, 0.1) is 33.0 Å². The number of aldehydes is 1. The number of esters is 2. The number of nitrogens with zero attached hydrogens (tertiary/aromatic N) is 5. The van der Waals surface area contributed by atoms with Gasteiger partial charge in [-0.2, -0.15) is 0 Å². The van der Waals surface area contributed by atoms with E-state index in [1.807, 2.05) is 39.8 Å². The molecule has 21 nitrogen and oxygen atoms in total. The van der Waals surface area contributed by atoms with Crippen molar-refractivity contribution in [3.05, 3.63) is 108 Å². The maximum Gasteiger partial charge on any atom is 0.409 e. The van der Waals surface area contributed by atoms with Crippen molar-refractivity contribution in [3.63, 3.8) is 0 Å². The van der Waals surface area contributed by atoms with Crippen molar-refractivity contribution in [3.8, 4) is 0 Å². The zero-order chi connectivity index (χ0) is 76.4. The van der Waals surface area contributed by atoms with Crippen molar-refractivity contribution < 1.29 is 77.6 Å². The van der Waals surface area contributed by atoms with Crippen LogP contribution in [-0.4, -0.2) is 219 Å². The number of hydrogen-bond donors (Lipinski definition) is 4. The van der Waals surface area contributed by atoms with Crippen LogP contribution >= 0.6 is 11.6 Å². The quantitative estimate of drug-likeness (QED) is 0.0424. The van der Waals surface area contributed by atoms with Gasteiger partial charge in [0, 0.05) is 103 Å². The Bertz CT molecular complexity index is 2680. The zero-order valence-electron chi connectivity index (χ0n) is 64.9. The summed E-state index contributed by atoms with van der Waals surface area (Å²) in [6.45, 7) is 36.2. The Labute approximate surface area is 623 Å². The summed E-state index contributed by atoms with van der Waals surface area (Å²) in [5, 5.41) is 34.4. The highest BCUT2D eigenvalue weighted by atomic mass is 35.5. The van der Waals surface area contributed by atoms with E-state index in [9.17, 15) is 33.9 Å². The van der Waals surface area contributed by atoms with E-state index in [1.165, 1.54) is 61.6 Å². The van der Waals surface area contributed by atoms with E-state index >= 15 is 0 Å². The van der Waals surface area contributed by atoms with Crippen molar-refractivity contribution >= 4 is 47.4 Å². The first-order valence-electron chi connectivity index (χ1n) is 38.0. The molecule has 3 aromatic carbocycles. The van der Waals surface area contributed by atoms with Gasteiger partial charge in [0.1, 0.15) is 6.29 Å². The van der Waals surface area contributed by atoms with Crippen LogP contribution in [0.3, 0.4) is 0 Å². The molecular weight excluding hydrogens is 1330 g/mol. The third-order valence-corrected chi connectivity index (χ3v) is 20.4. The van der Waals surface area contributed by atoms with Gasteiger partial charge in [0.15, 0.2) is 0 Å². The highest BCUT2D eigenvalue weighted by Gasteiger charge is 2.39. The molecule has 7 fully saturated rings. The number of aliphatic hydroxyl groups is 4. The lowest BCUT2D eigenvalue weighted by molar-refractivity contribution is -0.157. The van der Waals surface area contributed by atoms with Gasteiger partial charge in [0.25, 0.3) is 0 Å². The van der Waals surface area contributed by atoms with Gasteiger partial charge in [0.05, 0.1) is 44.4 Å². The number of likely N-dealkylation sites (tertiary alicyclic amines) is 5. The summed E-state index contributed by atoms with van der Waals surface area (Å²) in [5.41, 5.74) is 3.21. The molecule has 0 unspecified atom stereocenters. The third-order valence-electron chi connectivity index (χ3n) is 20.2. The highest BCUT2D eigenvalue weighted by Crippen LogP contribution is 2.36. The SMILES string of the molecule is C1CCOC1.CC1(CO)CCCCC1.CC1(CO)CCN(Cc2ccccc2)CC1.CCOC(=O)C1(C)CCN(Cc2ccccc2)CC1.CCOC(=O)C1CCN(Cc2ccccc2)CC1.CCOC(=O)Cl.CCOC(=O)N1CCC(C)(C=O)CC1.CCOC(=O)N1CCC(C)(CO)CC1.CO. The van der Waals surface area contributed by atoms with Gasteiger partial charge in [-0.25, -0.2) is 14.4 Å². The fourth-order valence-electron chi connectivity index (χ4n) is 12.6. The minimum Gasteiger partial charge on any atom is -0.466 e.